The van der Waals surface area contributed by atoms with Crippen molar-refractivity contribution in [1.82, 2.24) is 19.9 Å². The highest BCUT2D eigenvalue weighted by molar-refractivity contribution is 5.54. The Labute approximate surface area is 172 Å². The van der Waals surface area contributed by atoms with Crippen LogP contribution in [0.25, 0.3) is 11.5 Å². The van der Waals surface area contributed by atoms with Crippen molar-refractivity contribution in [2.75, 3.05) is 10.6 Å². The minimum atomic E-state index is -4.34. The molecule has 3 N–H and O–H groups in total. The summed E-state index contributed by atoms with van der Waals surface area (Å²) in [4.78, 5) is 17.3. The fourth-order valence-electron chi connectivity index (χ4n) is 3.72. The zero-order valence-electron chi connectivity index (χ0n) is 16.7. The van der Waals surface area contributed by atoms with E-state index in [0.29, 0.717) is 18.3 Å². The number of anilines is 2. The quantitative estimate of drug-likeness (QED) is 0.628. The van der Waals surface area contributed by atoms with Crippen LogP contribution in [-0.2, 0) is 6.42 Å². The Morgan fingerprint density at radius 2 is 1.83 bits per heavy atom. The average molecular weight is 422 g/mol. The molecule has 2 saturated carbocycles. The molecule has 0 bridgehead atoms. The fourth-order valence-corrected chi connectivity index (χ4v) is 3.72. The largest absolute Gasteiger partial charge is 0.394 e. The van der Waals surface area contributed by atoms with Crippen LogP contribution in [0.2, 0.25) is 0 Å². The molecule has 2 aromatic heterocycles. The standard InChI is InChI=1S/C20H25F3N6O/c1-11(12-8-9-12)24-18-27-17(15-6-2-4-13(25-15)10-20(21,22)23)28-19(29-18)26-14-5-3-7-16(14)30/h2,4,6,11-12,14,16,30H,3,5,7-10H2,1H3,(H2,24,26,27,28,29)/t11-,14+,16-/m1/s1. The van der Waals surface area contributed by atoms with Crippen molar-refractivity contribution in [1.29, 1.82) is 0 Å². The number of halogens is 3. The van der Waals surface area contributed by atoms with Crippen molar-refractivity contribution in [3.05, 3.63) is 23.9 Å². The number of pyridine rings is 1. The van der Waals surface area contributed by atoms with E-state index in [4.69, 9.17) is 0 Å². The molecule has 0 aromatic carbocycles. The van der Waals surface area contributed by atoms with Crippen molar-refractivity contribution in [3.63, 3.8) is 0 Å². The maximum Gasteiger partial charge on any atom is 0.394 e. The Kier molecular flexibility index (Phi) is 5.77. The number of nitrogens with zero attached hydrogens (tertiary/aromatic N) is 4. The molecular formula is C20H25F3N6O. The summed E-state index contributed by atoms with van der Waals surface area (Å²) >= 11 is 0. The van der Waals surface area contributed by atoms with Gasteiger partial charge in [-0.2, -0.15) is 28.1 Å². The van der Waals surface area contributed by atoms with Gasteiger partial charge < -0.3 is 15.7 Å². The van der Waals surface area contributed by atoms with Gasteiger partial charge in [0.25, 0.3) is 0 Å². The molecule has 2 aliphatic rings. The first kappa shape index (κ1) is 20.8. The van der Waals surface area contributed by atoms with E-state index < -0.39 is 18.7 Å². The van der Waals surface area contributed by atoms with Crippen LogP contribution in [0.15, 0.2) is 18.2 Å². The van der Waals surface area contributed by atoms with E-state index in [9.17, 15) is 18.3 Å². The first-order valence-electron chi connectivity index (χ1n) is 10.3. The monoisotopic (exact) mass is 422 g/mol. The molecule has 30 heavy (non-hydrogen) atoms. The summed E-state index contributed by atoms with van der Waals surface area (Å²) in [5.41, 5.74) is 0.151. The van der Waals surface area contributed by atoms with Crippen LogP contribution < -0.4 is 10.6 Å². The number of aliphatic hydroxyl groups excluding tert-OH is 1. The summed E-state index contributed by atoms with van der Waals surface area (Å²) in [5.74, 6) is 1.37. The van der Waals surface area contributed by atoms with Crippen molar-refractivity contribution in [2.45, 2.75) is 69.8 Å². The molecule has 0 unspecified atom stereocenters. The molecule has 0 amide bonds. The third kappa shape index (κ3) is 5.35. The van der Waals surface area contributed by atoms with E-state index in [2.05, 4.69) is 37.5 Å². The molecule has 2 aromatic rings. The topological polar surface area (TPSA) is 95.9 Å². The molecular weight excluding hydrogens is 397 g/mol. The molecule has 4 rings (SSSR count). The van der Waals surface area contributed by atoms with Crippen LogP contribution >= 0.6 is 0 Å². The Balaban J connectivity index is 1.63. The zero-order valence-corrected chi connectivity index (χ0v) is 16.7. The molecule has 10 heteroatoms. The minimum absolute atomic E-state index is 0.0954. The molecule has 0 radical (unpaired) electrons. The van der Waals surface area contributed by atoms with Gasteiger partial charge in [-0.1, -0.05) is 6.07 Å². The highest BCUT2D eigenvalue weighted by atomic mass is 19.4. The summed E-state index contributed by atoms with van der Waals surface area (Å²) in [6.45, 7) is 2.05. The lowest BCUT2D eigenvalue weighted by molar-refractivity contribution is -0.127. The summed E-state index contributed by atoms with van der Waals surface area (Å²) in [6.07, 6.45) is -1.25. The van der Waals surface area contributed by atoms with Crippen LogP contribution in [0, 0.1) is 5.92 Å². The highest BCUT2D eigenvalue weighted by Crippen LogP contribution is 2.34. The van der Waals surface area contributed by atoms with Gasteiger partial charge >= 0.3 is 6.18 Å². The maximum absolute atomic E-state index is 12.8. The molecule has 0 saturated heterocycles. The molecule has 2 aliphatic carbocycles. The van der Waals surface area contributed by atoms with Gasteiger partial charge in [-0.3, -0.25) is 0 Å². The van der Waals surface area contributed by atoms with Gasteiger partial charge in [-0.15, -0.1) is 0 Å². The second kappa shape index (κ2) is 8.33. The number of nitrogens with one attached hydrogen (secondary N) is 2. The third-order valence-corrected chi connectivity index (χ3v) is 5.53. The van der Waals surface area contributed by atoms with Gasteiger partial charge in [0.05, 0.1) is 24.3 Å². The highest BCUT2D eigenvalue weighted by Gasteiger charge is 2.30. The first-order chi connectivity index (χ1) is 14.3. The predicted molar refractivity (Wildman–Crippen MR) is 106 cm³/mol. The average Bonchev–Trinajstić information content (AvgIpc) is 3.45. The molecule has 2 heterocycles. The lowest BCUT2D eigenvalue weighted by Crippen LogP contribution is -2.29. The van der Waals surface area contributed by atoms with Crippen molar-refractivity contribution in [2.24, 2.45) is 5.92 Å². The van der Waals surface area contributed by atoms with Gasteiger partial charge in [0, 0.05) is 6.04 Å². The van der Waals surface area contributed by atoms with Crippen molar-refractivity contribution >= 4 is 11.9 Å². The lowest BCUT2D eigenvalue weighted by Gasteiger charge is -2.18. The number of alkyl halides is 3. The predicted octanol–water partition coefficient (Wildman–Crippen LogP) is 3.57. The number of hydrogen-bond donors (Lipinski definition) is 3. The van der Waals surface area contributed by atoms with E-state index in [0.717, 1.165) is 25.7 Å². The summed E-state index contributed by atoms with van der Waals surface area (Å²) in [7, 11) is 0. The van der Waals surface area contributed by atoms with E-state index in [1.807, 2.05) is 0 Å². The zero-order chi connectivity index (χ0) is 21.3. The van der Waals surface area contributed by atoms with Crippen molar-refractivity contribution < 1.29 is 18.3 Å². The van der Waals surface area contributed by atoms with Gasteiger partial charge in [-0.05, 0) is 57.1 Å². The molecule has 0 aliphatic heterocycles. The summed E-state index contributed by atoms with van der Waals surface area (Å²) in [5, 5.41) is 16.5. The second-order valence-corrected chi connectivity index (χ2v) is 8.13. The molecule has 3 atom stereocenters. The summed E-state index contributed by atoms with van der Waals surface area (Å²) < 4.78 is 38.3. The van der Waals surface area contributed by atoms with Crippen LogP contribution in [-0.4, -0.2) is 49.4 Å². The normalized spacial score (nSPS) is 22.7. The second-order valence-electron chi connectivity index (χ2n) is 8.13. The van der Waals surface area contributed by atoms with Gasteiger partial charge in [0.1, 0.15) is 5.69 Å². The van der Waals surface area contributed by atoms with Crippen LogP contribution in [0.4, 0.5) is 25.1 Å². The Morgan fingerprint density at radius 3 is 2.50 bits per heavy atom. The minimum Gasteiger partial charge on any atom is -0.391 e. The van der Waals surface area contributed by atoms with E-state index in [-0.39, 0.29) is 35.2 Å². The molecule has 0 spiro atoms. The third-order valence-electron chi connectivity index (χ3n) is 5.53. The van der Waals surface area contributed by atoms with Gasteiger partial charge in [0.15, 0.2) is 5.82 Å². The molecule has 7 nitrogen and oxygen atoms in total. The fraction of sp³-hybridized carbons (Fsp3) is 0.600. The number of rotatable bonds is 7. The number of aromatic nitrogens is 4. The Hall–Kier alpha value is -2.49. The van der Waals surface area contributed by atoms with E-state index in [1.165, 1.54) is 12.1 Å². The Morgan fingerprint density at radius 1 is 1.07 bits per heavy atom. The number of aliphatic hydroxyl groups is 1. The van der Waals surface area contributed by atoms with Crippen LogP contribution in [0.1, 0.15) is 44.7 Å². The molecule has 162 valence electrons. The van der Waals surface area contributed by atoms with Gasteiger partial charge in [0.2, 0.25) is 11.9 Å². The maximum atomic E-state index is 12.8. The number of hydrogen-bond acceptors (Lipinski definition) is 7. The van der Waals surface area contributed by atoms with E-state index >= 15 is 0 Å². The van der Waals surface area contributed by atoms with E-state index in [1.54, 1.807) is 6.07 Å². The van der Waals surface area contributed by atoms with Crippen LogP contribution in [0.5, 0.6) is 0 Å². The Bertz CT molecular complexity index is 889. The SMILES string of the molecule is C[C@@H](Nc1nc(N[C@H]2CCC[C@H]2O)nc(-c2cccc(CC(F)(F)F)n2)n1)C1CC1. The van der Waals surface area contributed by atoms with Gasteiger partial charge in [-0.25, -0.2) is 4.98 Å². The molecule has 2 fully saturated rings. The van der Waals surface area contributed by atoms with Crippen molar-refractivity contribution in [3.8, 4) is 11.5 Å². The smallest absolute Gasteiger partial charge is 0.391 e. The summed E-state index contributed by atoms with van der Waals surface area (Å²) in [6, 6.07) is 4.44. The first-order valence-corrected chi connectivity index (χ1v) is 10.3. The lowest BCUT2D eigenvalue weighted by atomic mass is 10.2. The van der Waals surface area contributed by atoms with Crippen LogP contribution in [0.3, 0.4) is 0 Å².